The maximum atomic E-state index is 13.0. The molecule has 2 aromatic heterocycles. The second kappa shape index (κ2) is 8.05. The molecule has 152 valence electrons. The molecule has 8 heteroatoms. The lowest BCUT2D eigenvalue weighted by atomic mass is 10.1. The van der Waals surface area contributed by atoms with Gasteiger partial charge in [-0.15, -0.1) is 8.78 Å². The Morgan fingerprint density at radius 1 is 0.839 bits per heavy atom. The third-order valence-corrected chi connectivity index (χ3v) is 4.48. The number of ether oxygens (including phenoxy) is 2. The summed E-state index contributed by atoms with van der Waals surface area (Å²) in [5.74, 6) is -0.0561. The summed E-state index contributed by atoms with van der Waals surface area (Å²) in [5.41, 5.74) is 4.07. The van der Waals surface area contributed by atoms with Crippen LogP contribution in [0.2, 0.25) is 0 Å². The maximum absolute atomic E-state index is 13.0. The first-order valence-corrected chi connectivity index (χ1v) is 9.11. The fourth-order valence-corrected chi connectivity index (χ4v) is 3.11. The van der Waals surface area contributed by atoms with Gasteiger partial charge in [-0.3, -0.25) is 0 Å². The molecule has 0 bridgehead atoms. The number of hydrogen-bond donors (Lipinski definition) is 2. The minimum Gasteiger partial charge on any atom is -0.395 e. The second-order valence-corrected chi connectivity index (χ2v) is 6.47. The van der Waals surface area contributed by atoms with Crippen molar-refractivity contribution in [3.63, 3.8) is 0 Å². The predicted octanol–water partition coefficient (Wildman–Crippen LogP) is 5.43. The number of H-pyrrole nitrogens is 2. The van der Waals surface area contributed by atoms with Gasteiger partial charge in [-0.2, -0.15) is 10.5 Å². The molecule has 1 aliphatic rings. The minimum atomic E-state index is -3.65. The molecule has 5 rings (SSSR count). The lowest BCUT2D eigenvalue weighted by Crippen LogP contribution is -2.26. The summed E-state index contributed by atoms with van der Waals surface area (Å²) >= 11 is 0. The number of nitrogens with zero attached hydrogens (tertiary/aromatic N) is 2. The highest BCUT2D eigenvalue weighted by Gasteiger charge is 2.44. The third kappa shape index (κ3) is 4.09. The van der Waals surface area contributed by atoms with E-state index in [0.717, 1.165) is 11.1 Å². The van der Waals surface area contributed by atoms with E-state index < -0.39 is 6.29 Å². The first kappa shape index (κ1) is 19.7. The number of nitriles is 2. The summed E-state index contributed by atoms with van der Waals surface area (Å²) in [5, 5.41) is 17.5. The lowest BCUT2D eigenvalue weighted by molar-refractivity contribution is -0.286. The first-order valence-electron chi connectivity index (χ1n) is 9.11. The number of rotatable bonds is 2. The van der Waals surface area contributed by atoms with E-state index in [9.17, 15) is 8.78 Å². The van der Waals surface area contributed by atoms with Gasteiger partial charge in [-0.25, -0.2) is 0 Å². The van der Waals surface area contributed by atoms with Crippen LogP contribution in [-0.2, 0) is 0 Å². The number of nitrogens with one attached hydrogen (secondary N) is 2. The van der Waals surface area contributed by atoms with Gasteiger partial charge in [0, 0.05) is 29.7 Å². The van der Waals surface area contributed by atoms with E-state index >= 15 is 0 Å². The van der Waals surface area contributed by atoms with Crippen LogP contribution in [0.15, 0.2) is 73.2 Å². The van der Waals surface area contributed by atoms with E-state index in [1.54, 1.807) is 24.4 Å². The van der Waals surface area contributed by atoms with E-state index in [1.165, 1.54) is 12.3 Å². The van der Waals surface area contributed by atoms with Crippen molar-refractivity contribution in [3.8, 4) is 46.0 Å². The van der Waals surface area contributed by atoms with Gasteiger partial charge < -0.3 is 19.4 Å². The topological polar surface area (TPSA) is 97.6 Å². The van der Waals surface area contributed by atoms with Crippen LogP contribution in [0.1, 0.15) is 11.1 Å². The lowest BCUT2D eigenvalue weighted by Gasteiger charge is -2.06. The molecule has 6 nitrogen and oxygen atoms in total. The van der Waals surface area contributed by atoms with Gasteiger partial charge in [0.15, 0.2) is 11.5 Å². The number of benzene rings is 2. The minimum absolute atomic E-state index is 0.0226. The zero-order valence-electron chi connectivity index (χ0n) is 15.9. The molecular weight excluding hydrogens is 402 g/mol. The average molecular weight is 416 g/mol. The molecular formula is C23H14F2N4O2. The molecule has 2 N–H and O–H groups in total. The number of halogens is 2. The third-order valence-electron chi connectivity index (χ3n) is 4.48. The zero-order chi connectivity index (χ0) is 21.8. The molecule has 0 saturated carbocycles. The van der Waals surface area contributed by atoms with Crippen LogP contribution in [0.5, 0.6) is 11.5 Å². The van der Waals surface area contributed by atoms with Crippen molar-refractivity contribution in [3.05, 3.63) is 84.3 Å². The molecule has 0 amide bonds. The summed E-state index contributed by atoms with van der Waals surface area (Å²) in [6.07, 6.45) is 1.39. The molecule has 0 fully saturated rings. The molecule has 0 aliphatic carbocycles. The summed E-state index contributed by atoms with van der Waals surface area (Å²) in [4.78, 5) is 5.75. The van der Waals surface area contributed by atoms with Crippen molar-refractivity contribution < 1.29 is 18.3 Å². The quantitative estimate of drug-likeness (QED) is 0.455. The SMILES string of the molecule is N#Cc1c[nH]c(-c2cccc3c2OC(F)(F)O3)c1.N#Cc1c[nH]cc1-c1ccccc1. The van der Waals surface area contributed by atoms with Crippen molar-refractivity contribution in [2.24, 2.45) is 0 Å². The molecule has 0 radical (unpaired) electrons. The number of para-hydroxylation sites is 1. The average Bonchev–Trinajstić information content (AvgIpc) is 3.51. The molecule has 31 heavy (non-hydrogen) atoms. The zero-order valence-corrected chi connectivity index (χ0v) is 15.9. The van der Waals surface area contributed by atoms with Gasteiger partial charge in [0.05, 0.1) is 16.8 Å². The Labute approximate surface area is 175 Å². The summed E-state index contributed by atoms with van der Waals surface area (Å²) in [6.45, 7) is 0. The molecule has 1 aliphatic heterocycles. The Kier molecular flexibility index (Phi) is 5.13. The van der Waals surface area contributed by atoms with Crippen LogP contribution < -0.4 is 9.47 Å². The second-order valence-electron chi connectivity index (χ2n) is 6.47. The number of alkyl halides is 2. The Hall–Kier alpha value is -4.56. The smallest absolute Gasteiger partial charge is 0.395 e. The molecule has 0 unspecified atom stereocenters. The van der Waals surface area contributed by atoms with Gasteiger partial charge >= 0.3 is 6.29 Å². The molecule has 4 aromatic rings. The van der Waals surface area contributed by atoms with Gasteiger partial charge in [-0.1, -0.05) is 36.4 Å². The van der Waals surface area contributed by atoms with Gasteiger partial charge in [0.25, 0.3) is 0 Å². The fourth-order valence-electron chi connectivity index (χ4n) is 3.11. The summed E-state index contributed by atoms with van der Waals surface area (Å²) < 4.78 is 34.8. The molecule has 0 saturated heterocycles. The van der Waals surface area contributed by atoms with Crippen LogP contribution in [0.4, 0.5) is 8.78 Å². The normalized spacial score (nSPS) is 12.9. The van der Waals surface area contributed by atoms with Gasteiger partial charge in [0.2, 0.25) is 0 Å². The van der Waals surface area contributed by atoms with Crippen molar-refractivity contribution in [1.82, 2.24) is 9.97 Å². The van der Waals surface area contributed by atoms with Crippen LogP contribution in [0.3, 0.4) is 0 Å². The Balaban J connectivity index is 0.000000158. The first-order chi connectivity index (χ1) is 15.0. The van der Waals surface area contributed by atoms with Crippen LogP contribution >= 0.6 is 0 Å². The molecule has 0 spiro atoms. The molecule has 2 aromatic carbocycles. The Bertz CT molecular complexity index is 1300. The number of hydrogen-bond acceptors (Lipinski definition) is 4. The van der Waals surface area contributed by atoms with E-state index in [2.05, 4.69) is 25.5 Å². The molecule has 3 heterocycles. The fraction of sp³-hybridized carbons (Fsp3) is 0.0435. The molecule has 0 atom stereocenters. The Morgan fingerprint density at radius 3 is 2.35 bits per heavy atom. The standard InChI is InChI=1S/C12H6F2N2O2.C11H8N2/c13-12(14)17-10-3-1-2-8(11(10)18-12)9-4-7(5-15)6-16-9;12-6-10-7-13-8-11(10)9-4-2-1-3-5-9/h1-4,6,16H;1-5,7-8,13H. The van der Waals surface area contributed by atoms with Crippen molar-refractivity contribution in [1.29, 1.82) is 10.5 Å². The summed E-state index contributed by atoms with van der Waals surface area (Å²) in [6, 6.07) is 20.1. The maximum Gasteiger partial charge on any atom is 0.586 e. The summed E-state index contributed by atoms with van der Waals surface area (Å²) in [7, 11) is 0. The van der Waals surface area contributed by atoms with E-state index in [4.69, 9.17) is 10.5 Å². The largest absolute Gasteiger partial charge is 0.586 e. The van der Waals surface area contributed by atoms with E-state index in [-0.39, 0.29) is 11.5 Å². The van der Waals surface area contributed by atoms with Gasteiger partial charge in [-0.05, 0) is 23.8 Å². The number of fused-ring (bicyclic) bond motifs is 1. The number of aromatic amines is 2. The van der Waals surface area contributed by atoms with Crippen molar-refractivity contribution in [2.75, 3.05) is 0 Å². The van der Waals surface area contributed by atoms with E-state index in [0.29, 0.717) is 22.4 Å². The van der Waals surface area contributed by atoms with E-state index in [1.807, 2.05) is 42.6 Å². The van der Waals surface area contributed by atoms with Gasteiger partial charge in [0.1, 0.15) is 12.1 Å². The highest BCUT2D eigenvalue weighted by molar-refractivity contribution is 5.73. The Morgan fingerprint density at radius 2 is 1.65 bits per heavy atom. The van der Waals surface area contributed by atoms with Crippen LogP contribution in [0.25, 0.3) is 22.4 Å². The van der Waals surface area contributed by atoms with Crippen LogP contribution in [0, 0.1) is 22.7 Å². The highest BCUT2D eigenvalue weighted by Crippen LogP contribution is 2.46. The van der Waals surface area contributed by atoms with Crippen LogP contribution in [-0.4, -0.2) is 16.3 Å². The highest BCUT2D eigenvalue weighted by atomic mass is 19.3. The predicted molar refractivity (Wildman–Crippen MR) is 108 cm³/mol. The van der Waals surface area contributed by atoms with Crippen molar-refractivity contribution in [2.45, 2.75) is 6.29 Å². The monoisotopic (exact) mass is 416 g/mol. The van der Waals surface area contributed by atoms with Crippen molar-refractivity contribution >= 4 is 0 Å². The number of aromatic nitrogens is 2.